The Morgan fingerprint density at radius 1 is 1.55 bits per heavy atom. The Bertz CT molecular complexity index is 117. The Morgan fingerprint density at radius 2 is 2.18 bits per heavy atom. The van der Waals surface area contributed by atoms with Crippen molar-refractivity contribution in [1.29, 1.82) is 0 Å². The van der Waals surface area contributed by atoms with Gasteiger partial charge in [0.05, 0.1) is 12.2 Å². The molecule has 1 saturated carbocycles. The number of hydrogen-bond acceptors (Lipinski definition) is 2. The van der Waals surface area contributed by atoms with E-state index in [1.54, 1.807) is 0 Å². The van der Waals surface area contributed by atoms with Crippen molar-refractivity contribution < 1.29 is 9.84 Å². The zero-order chi connectivity index (χ0) is 8.32. The lowest BCUT2D eigenvalue weighted by Gasteiger charge is -2.22. The van der Waals surface area contributed by atoms with Gasteiger partial charge in [-0.05, 0) is 26.2 Å². The summed E-state index contributed by atoms with van der Waals surface area (Å²) in [5.74, 6) is 0.769. The second kappa shape index (κ2) is 3.55. The van der Waals surface area contributed by atoms with E-state index in [0.717, 1.165) is 12.3 Å². The molecule has 11 heavy (non-hydrogen) atoms. The predicted molar refractivity (Wildman–Crippen MR) is 44.5 cm³/mol. The van der Waals surface area contributed by atoms with Gasteiger partial charge in [-0.3, -0.25) is 0 Å². The molecule has 66 valence electrons. The molecule has 0 amide bonds. The average molecular weight is 158 g/mol. The third-order valence-electron chi connectivity index (χ3n) is 2.04. The van der Waals surface area contributed by atoms with Crippen LogP contribution in [0.25, 0.3) is 0 Å². The Hall–Kier alpha value is -0.0800. The molecule has 0 saturated heterocycles. The number of ether oxygens (including phenoxy) is 1. The van der Waals surface area contributed by atoms with E-state index in [1.165, 1.54) is 12.8 Å². The van der Waals surface area contributed by atoms with Crippen molar-refractivity contribution in [3.63, 3.8) is 0 Å². The smallest absolute Gasteiger partial charge is 0.0854 e. The topological polar surface area (TPSA) is 29.5 Å². The molecule has 1 N–H and O–H groups in total. The highest BCUT2D eigenvalue weighted by molar-refractivity contribution is 4.83. The normalized spacial score (nSPS) is 23.2. The number of hydrogen-bond donors (Lipinski definition) is 1. The third kappa shape index (κ3) is 3.73. The molecule has 0 spiro atoms. The van der Waals surface area contributed by atoms with Crippen LogP contribution < -0.4 is 0 Å². The lowest BCUT2D eigenvalue weighted by atomic mass is 10.0. The van der Waals surface area contributed by atoms with E-state index < -0.39 is 5.60 Å². The third-order valence-corrected chi connectivity index (χ3v) is 2.04. The van der Waals surface area contributed by atoms with Crippen molar-refractivity contribution in [2.75, 3.05) is 13.2 Å². The maximum Gasteiger partial charge on any atom is 0.0854 e. The molecule has 0 aromatic rings. The van der Waals surface area contributed by atoms with Crippen molar-refractivity contribution in [3.05, 3.63) is 0 Å². The van der Waals surface area contributed by atoms with E-state index in [9.17, 15) is 5.11 Å². The Labute approximate surface area is 68.6 Å². The molecule has 1 rings (SSSR count). The SMILES string of the molecule is CCOCC(C)(O)CC1CC1. The molecule has 1 unspecified atom stereocenters. The molecule has 1 fully saturated rings. The summed E-state index contributed by atoms with van der Waals surface area (Å²) in [5, 5.41) is 9.73. The van der Waals surface area contributed by atoms with Crippen LogP contribution in [0, 0.1) is 5.92 Å². The summed E-state index contributed by atoms with van der Waals surface area (Å²) < 4.78 is 5.18. The summed E-state index contributed by atoms with van der Waals surface area (Å²) in [5.41, 5.74) is -0.586. The summed E-state index contributed by atoms with van der Waals surface area (Å²) >= 11 is 0. The molecule has 1 aliphatic carbocycles. The first kappa shape index (κ1) is 9.01. The molecular weight excluding hydrogens is 140 g/mol. The standard InChI is InChI=1S/C9H18O2/c1-3-11-7-9(2,10)6-8-4-5-8/h8,10H,3-7H2,1-2H3. The molecule has 0 heterocycles. The molecular formula is C9H18O2. The van der Waals surface area contributed by atoms with Crippen LogP contribution in [0.1, 0.15) is 33.1 Å². The van der Waals surface area contributed by atoms with Gasteiger partial charge in [-0.2, -0.15) is 0 Å². The second-order valence-corrected chi connectivity index (χ2v) is 3.78. The van der Waals surface area contributed by atoms with E-state index in [2.05, 4.69) is 0 Å². The first-order chi connectivity index (χ1) is 5.14. The van der Waals surface area contributed by atoms with Crippen LogP contribution in [0.4, 0.5) is 0 Å². The van der Waals surface area contributed by atoms with E-state index in [1.807, 2.05) is 13.8 Å². The first-order valence-electron chi connectivity index (χ1n) is 4.44. The molecule has 0 aromatic heterocycles. The molecule has 0 aromatic carbocycles. The van der Waals surface area contributed by atoms with E-state index in [4.69, 9.17) is 4.74 Å². The fourth-order valence-electron chi connectivity index (χ4n) is 1.32. The number of aliphatic hydroxyl groups is 1. The van der Waals surface area contributed by atoms with Gasteiger partial charge in [0, 0.05) is 6.61 Å². The van der Waals surface area contributed by atoms with E-state index in [-0.39, 0.29) is 0 Å². The largest absolute Gasteiger partial charge is 0.388 e. The minimum atomic E-state index is -0.586. The summed E-state index contributed by atoms with van der Waals surface area (Å²) in [6.45, 7) is 5.00. The van der Waals surface area contributed by atoms with Gasteiger partial charge >= 0.3 is 0 Å². The predicted octanol–water partition coefficient (Wildman–Crippen LogP) is 1.57. The van der Waals surface area contributed by atoms with Crippen LogP contribution in [0.5, 0.6) is 0 Å². The molecule has 2 nitrogen and oxygen atoms in total. The van der Waals surface area contributed by atoms with Crippen LogP contribution in [0.2, 0.25) is 0 Å². The monoisotopic (exact) mass is 158 g/mol. The van der Waals surface area contributed by atoms with Crippen molar-refractivity contribution in [3.8, 4) is 0 Å². The molecule has 2 heteroatoms. The van der Waals surface area contributed by atoms with Gasteiger partial charge in [0.25, 0.3) is 0 Å². The van der Waals surface area contributed by atoms with Crippen molar-refractivity contribution >= 4 is 0 Å². The molecule has 0 bridgehead atoms. The molecule has 0 radical (unpaired) electrons. The lowest BCUT2D eigenvalue weighted by Crippen LogP contribution is -2.31. The molecule has 1 atom stereocenters. The Balaban J connectivity index is 2.14. The Kier molecular flexibility index (Phi) is 2.90. The molecule has 0 aliphatic heterocycles. The van der Waals surface area contributed by atoms with Crippen molar-refractivity contribution in [2.45, 2.75) is 38.7 Å². The van der Waals surface area contributed by atoms with Crippen LogP contribution in [-0.4, -0.2) is 23.9 Å². The van der Waals surface area contributed by atoms with E-state index in [0.29, 0.717) is 13.2 Å². The zero-order valence-corrected chi connectivity index (χ0v) is 7.47. The fourth-order valence-corrected chi connectivity index (χ4v) is 1.32. The van der Waals surface area contributed by atoms with Gasteiger partial charge in [-0.1, -0.05) is 12.8 Å². The quantitative estimate of drug-likeness (QED) is 0.658. The number of rotatable bonds is 5. The highest BCUT2D eigenvalue weighted by Gasteiger charge is 2.31. The highest BCUT2D eigenvalue weighted by Crippen LogP contribution is 2.36. The summed E-state index contributed by atoms with van der Waals surface area (Å²) in [4.78, 5) is 0. The van der Waals surface area contributed by atoms with Crippen molar-refractivity contribution in [2.24, 2.45) is 5.92 Å². The summed E-state index contributed by atoms with van der Waals surface area (Å²) in [6.07, 6.45) is 3.50. The summed E-state index contributed by atoms with van der Waals surface area (Å²) in [6, 6.07) is 0. The van der Waals surface area contributed by atoms with Gasteiger partial charge in [0.2, 0.25) is 0 Å². The fraction of sp³-hybridized carbons (Fsp3) is 1.00. The maximum absolute atomic E-state index is 9.73. The van der Waals surface area contributed by atoms with Gasteiger partial charge in [-0.25, -0.2) is 0 Å². The van der Waals surface area contributed by atoms with E-state index >= 15 is 0 Å². The minimum absolute atomic E-state index is 0.486. The van der Waals surface area contributed by atoms with Crippen LogP contribution in [0.15, 0.2) is 0 Å². The minimum Gasteiger partial charge on any atom is -0.388 e. The van der Waals surface area contributed by atoms with Crippen molar-refractivity contribution in [1.82, 2.24) is 0 Å². The Morgan fingerprint density at radius 3 is 2.64 bits per heavy atom. The highest BCUT2D eigenvalue weighted by atomic mass is 16.5. The lowest BCUT2D eigenvalue weighted by molar-refractivity contribution is -0.0388. The van der Waals surface area contributed by atoms with Gasteiger partial charge in [0.1, 0.15) is 0 Å². The average Bonchev–Trinajstić information content (AvgIpc) is 2.67. The maximum atomic E-state index is 9.73. The van der Waals surface area contributed by atoms with Crippen LogP contribution >= 0.6 is 0 Å². The van der Waals surface area contributed by atoms with Gasteiger partial charge in [0.15, 0.2) is 0 Å². The molecule has 1 aliphatic rings. The van der Waals surface area contributed by atoms with Gasteiger partial charge in [-0.15, -0.1) is 0 Å². The van der Waals surface area contributed by atoms with Crippen LogP contribution in [0.3, 0.4) is 0 Å². The zero-order valence-electron chi connectivity index (χ0n) is 7.47. The van der Waals surface area contributed by atoms with Crippen LogP contribution in [-0.2, 0) is 4.74 Å². The summed E-state index contributed by atoms with van der Waals surface area (Å²) in [7, 11) is 0. The van der Waals surface area contributed by atoms with Gasteiger partial charge < -0.3 is 9.84 Å². The second-order valence-electron chi connectivity index (χ2n) is 3.78. The first-order valence-corrected chi connectivity index (χ1v) is 4.44.